The minimum atomic E-state index is 0.566. The molecule has 3 N–H and O–H groups in total. The molecule has 2 aliphatic carbocycles. The lowest BCUT2D eigenvalue weighted by molar-refractivity contribution is 0.480. The molecule has 0 bridgehead atoms. The van der Waals surface area contributed by atoms with Gasteiger partial charge in [-0.3, -0.25) is 5.10 Å². The predicted molar refractivity (Wildman–Crippen MR) is 81.6 cm³/mol. The summed E-state index contributed by atoms with van der Waals surface area (Å²) in [7, 11) is 0. The third kappa shape index (κ3) is 1.76. The molecule has 0 aliphatic heterocycles. The first-order valence-electron chi connectivity index (χ1n) is 7.36. The number of H-pyrrole nitrogens is 1. The SMILES string of the molecule is Nc1n[nH]c(C2C3CCCCC32)c1-c1ccccc1Cl. The minimum Gasteiger partial charge on any atom is -0.382 e. The zero-order chi connectivity index (χ0) is 13.7. The van der Waals surface area contributed by atoms with Gasteiger partial charge in [-0.1, -0.05) is 42.6 Å². The summed E-state index contributed by atoms with van der Waals surface area (Å²) in [6.07, 6.45) is 5.41. The molecule has 20 heavy (non-hydrogen) atoms. The van der Waals surface area contributed by atoms with Crippen LogP contribution in [0.3, 0.4) is 0 Å². The number of rotatable bonds is 2. The number of nitrogens with two attached hydrogens (primary N) is 1. The summed E-state index contributed by atoms with van der Waals surface area (Å²) in [4.78, 5) is 0. The van der Waals surface area contributed by atoms with E-state index in [-0.39, 0.29) is 0 Å². The van der Waals surface area contributed by atoms with Crippen LogP contribution < -0.4 is 5.73 Å². The van der Waals surface area contributed by atoms with Crippen LogP contribution in [0.25, 0.3) is 11.1 Å². The highest BCUT2D eigenvalue weighted by atomic mass is 35.5. The van der Waals surface area contributed by atoms with Crippen molar-refractivity contribution < 1.29 is 0 Å². The highest BCUT2D eigenvalue weighted by molar-refractivity contribution is 6.33. The molecular formula is C16H18ClN3. The van der Waals surface area contributed by atoms with E-state index in [2.05, 4.69) is 10.2 Å². The molecule has 4 heteroatoms. The number of hydrogen-bond donors (Lipinski definition) is 2. The topological polar surface area (TPSA) is 54.7 Å². The number of nitrogens with one attached hydrogen (secondary N) is 1. The lowest BCUT2D eigenvalue weighted by Gasteiger charge is -2.06. The molecule has 2 aliphatic rings. The van der Waals surface area contributed by atoms with E-state index in [1.807, 2.05) is 24.3 Å². The van der Waals surface area contributed by atoms with Crippen molar-refractivity contribution in [2.24, 2.45) is 11.8 Å². The smallest absolute Gasteiger partial charge is 0.153 e. The van der Waals surface area contributed by atoms with Crippen molar-refractivity contribution in [3.05, 3.63) is 35.0 Å². The lowest BCUT2D eigenvalue weighted by Crippen LogP contribution is -1.92. The maximum atomic E-state index is 6.34. The summed E-state index contributed by atoms with van der Waals surface area (Å²) < 4.78 is 0. The quantitative estimate of drug-likeness (QED) is 0.869. The van der Waals surface area contributed by atoms with Crippen LogP contribution in [-0.4, -0.2) is 10.2 Å². The number of hydrogen-bond acceptors (Lipinski definition) is 2. The van der Waals surface area contributed by atoms with Crippen molar-refractivity contribution in [1.29, 1.82) is 0 Å². The van der Waals surface area contributed by atoms with Gasteiger partial charge in [0.2, 0.25) is 0 Å². The van der Waals surface area contributed by atoms with Gasteiger partial charge < -0.3 is 5.73 Å². The van der Waals surface area contributed by atoms with Crippen molar-refractivity contribution in [2.45, 2.75) is 31.6 Å². The Bertz CT molecular complexity index is 637. The fraction of sp³-hybridized carbons (Fsp3) is 0.438. The number of nitrogen functional groups attached to an aromatic ring is 1. The van der Waals surface area contributed by atoms with Crippen molar-refractivity contribution >= 4 is 17.4 Å². The molecule has 1 aromatic heterocycles. The molecule has 0 saturated heterocycles. The zero-order valence-electron chi connectivity index (χ0n) is 11.3. The third-order valence-corrected chi connectivity index (χ3v) is 5.28. The Morgan fingerprint density at radius 1 is 1.15 bits per heavy atom. The molecule has 104 valence electrons. The number of fused-ring (bicyclic) bond motifs is 1. The van der Waals surface area contributed by atoms with Crippen LogP contribution >= 0.6 is 11.6 Å². The summed E-state index contributed by atoms with van der Waals surface area (Å²) in [5.41, 5.74) is 9.32. The normalized spacial score (nSPS) is 28.1. The number of aromatic amines is 1. The molecule has 3 nitrogen and oxygen atoms in total. The second-order valence-electron chi connectivity index (χ2n) is 6.02. The first-order valence-corrected chi connectivity index (χ1v) is 7.74. The fourth-order valence-corrected chi connectivity index (χ4v) is 4.21. The summed E-state index contributed by atoms with van der Waals surface area (Å²) in [5.74, 6) is 2.82. The lowest BCUT2D eigenvalue weighted by atomic mass is 10.0. The van der Waals surface area contributed by atoms with Crippen LogP contribution in [0, 0.1) is 11.8 Å². The van der Waals surface area contributed by atoms with E-state index >= 15 is 0 Å². The molecule has 4 rings (SSSR count). The number of aromatic nitrogens is 2. The molecule has 2 fully saturated rings. The fourth-order valence-electron chi connectivity index (χ4n) is 3.98. The average Bonchev–Trinajstić information content (AvgIpc) is 3.08. The summed E-state index contributed by atoms with van der Waals surface area (Å²) >= 11 is 6.34. The molecule has 2 saturated carbocycles. The standard InChI is InChI=1S/C16H18ClN3/c17-12-8-4-3-7-11(12)14-15(19-20-16(14)18)13-9-5-1-2-6-10(9)13/h3-4,7-10,13H,1-2,5-6H2,(H3,18,19,20). The van der Waals surface area contributed by atoms with E-state index in [1.54, 1.807) is 0 Å². The van der Waals surface area contributed by atoms with E-state index in [4.69, 9.17) is 17.3 Å². The van der Waals surface area contributed by atoms with Crippen LogP contribution in [-0.2, 0) is 0 Å². The van der Waals surface area contributed by atoms with Gasteiger partial charge in [0.15, 0.2) is 5.82 Å². The highest BCUT2D eigenvalue weighted by Crippen LogP contribution is 2.62. The van der Waals surface area contributed by atoms with Crippen molar-refractivity contribution in [2.75, 3.05) is 5.73 Å². The van der Waals surface area contributed by atoms with Crippen molar-refractivity contribution in [3.63, 3.8) is 0 Å². The van der Waals surface area contributed by atoms with E-state index in [1.165, 1.54) is 31.4 Å². The molecule has 2 aromatic rings. The maximum absolute atomic E-state index is 6.34. The highest BCUT2D eigenvalue weighted by Gasteiger charge is 2.53. The number of halogens is 1. The molecule has 2 atom stereocenters. The number of nitrogens with zero attached hydrogens (tertiary/aromatic N) is 1. The molecular weight excluding hydrogens is 270 g/mol. The van der Waals surface area contributed by atoms with Crippen LogP contribution in [0.1, 0.15) is 37.3 Å². The average molecular weight is 288 g/mol. The van der Waals surface area contributed by atoms with Gasteiger partial charge in [-0.15, -0.1) is 0 Å². The van der Waals surface area contributed by atoms with Crippen LogP contribution in [0.15, 0.2) is 24.3 Å². The summed E-state index contributed by atoms with van der Waals surface area (Å²) in [6.45, 7) is 0. The molecule has 2 unspecified atom stereocenters. The Morgan fingerprint density at radius 2 is 1.85 bits per heavy atom. The zero-order valence-corrected chi connectivity index (χ0v) is 12.0. The second-order valence-corrected chi connectivity index (χ2v) is 6.42. The number of anilines is 1. The Morgan fingerprint density at radius 3 is 2.55 bits per heavy atom. The van der Waals surface area contributed by atoms with Gasteiger partial charge >= 0.3 is 0 Å². The van der Waals surface area contributed by atoms with Crippen LogP contribution in [0.4, 0.5) is 5.82 Å². The molecule has 0 spiro atoms. The van der Waals surface area contributed by atoms with Gasteiger partial charge in [-0.25, -0.2) is 0 Å². The van der Waals surface area contributed by atoms with Crippen LogP contribution in [0.5, 0.6) is 0 Å². The third-order valence-electron chi connectivity index (χ3n) is 4.96. The first-order chi connectivity index (χ1) is 9.77. The summed E-state index contributed by atoms with van der Waals surface area (Å²) in [5, 5.41) is 8.17. The van der Waals surface area contributed by atoms with E-state index in [0.29, 0.717) is 11.7 Å². The van der Waals surface area contributed by atoms with Gasteiger partial charge in [0.25, 0.3) is 0 Å². The Balaban J connectivity index is 1.78. The Labute approximate surface area is 123 Å². The van der Waals surface area contributed by atoms with E-state index in [0.717, 1.165) is 28.0 Å². The van der Waals surface area contributed by atoms with E-state index in [9.17, 15) is 0 Å². The summed E-state index contributed by atoms with van der Waals surface area (Å²) in [6, 6.07) is 7.88. The van der Waals surface area contributed by atoms with Crippen LogP contribution in [0.2, 0.25) is 5.02 Å². The minimum absolute atomic E-state index is 0.566. The monoisotopic (exact) mass is 287 g/mol. The molecule has 0 amide bonds. The second kappa shape index (κ2) is 4.52. The van der Waals surface area contributed by atoms with Crippen molar-refractivity contribution in [3.8, 4) is 11.1 Å². The molecule has 0 radical (unpaired) electrons. The van der Waals surface area contributed by atoms with Gasteiger partial charge in [0, 0.05) is 27.8 Å². The van der Waals surface area contributed by atoms with Crippen molar-refractivity contribution in [1.82, 2.24) is 10.2 Å². The number of benzene rings is 1. The Kier molecular flexibility index (Phi) is 2.77. The molecule has 1 heterocycles. The van der Waals surface area contributed by atoms with Gasteiger partial charge in [-0.05, 0) is 30.7 Å². The predicted octanol–water partition coefficient (Wildman–Crippen LogP) is 4.22. The van der Waals surface area contributed by atoms with E-state index < -0.39 is 0 Å². The van der Waals surface area contributed by atoms with Gasteiger partial charge in [-0.2, -0.15) is 5.10 Å². The Hall–Kier alpha value is -1.48. The first kappa shape index (κ1) is 12.3. The molecule has 1 aromatic carbocycles. The van der Waals surface area contributed by atoms with Gasteiger partial charge in [0.05, 0.1) is 0 Å². The van der Waals surface area contributed by atoms with Gasteiger partial charge in [0.1, 0.15) is 0 Å². The largest absolute Gasteiger partial charge is 0.382 e. The maximum Gasteiger partial charge on any atom is 0.153 e.